The van der Waals surface area contributed by atoms with E-state index >= 15 is 0 Å². The van der Waals surface area contributed by atoms with Crippen molar-refractivity contribution in [3.05, 3.63) is 29.3 Å². The summed E-state index contributed by atoms with van der Waals surface area (Å²) in [6.07, 6.45) is 5.98. The maximum absolute atomic E-state index is 13.3. The van der Waals surface area contributed by atoms with Crippen LogP contribution >= 0.6 is 0 Å². The quantitative estimate of drug-likeness (QED) is 0.900. The number of hydrogen-bond donors (Lipinski definition) is 2. The van der Waals surface area contributed by atoms with E-state index < -0.39 is 17.4 Å². The van der Waals surface area contributed by atoms with Crippen molar-refractivity contribution >= 4 is 0 Å². The molecule has 0 amide bonds. The second kappa shape index (κ2) is 5.89. The summed E-state index contributed by atoms with van der Waals surface area (Å²) < 4.78 is 26.6. The Morgan fingerprint density at radius 3 is 2.33 bits per heavy atom. The Hall–Kier alpha value is -1.20. The SMILES string of the molecule is CN1C2CCCC1CC(NCc1cc(F)c(O)c(F)c1)C2. The Morgan fingerprint density at radius 2 is 1.76 bits per heavy atom. The highest BCUT2D eigenvalue weighted by atomic mass is 19.1. The van der Waals surface area contributed by atoms with Crippen LogP contribution in [0, 0.1) is 11.6 Å². The fraction of sp³-hybridized carbons (Fsp3) is 0.625. The summed E-state index contributed by atoms with van der Waals surface area (Å²) in [7, 11) is 2.20. The lowest BCUT2D eigenvalue weighted by atomic mass is 9.82. The van der Waals surface area contributed by atoms with Gasteiger partial charge in [0.1, 0.15) is 0 Å². The molecule has 1 aromatic carbocycles. The summed E-state index contributed by atoms with van der Waals surface area (Å²) in [4.78, 5) is 2.49. The topological polar surface area (TPSA) is 35.5 Å². The van der Waals surface area contributed by atoms with Gasteiger partial charge in [-0.1, -0.05) is 6.42 Å². The third-order valence-electron chi connectivity index (χ3n) is 5.01. The van der Waals surface area contributed by atoms with Gasteiger partial charge in [0.05, 0.1) is 0 Å². The smallest absolute Gasteiger partial charge is 0.187 e. The molecule has 1 aromatic rings. The van der Waals surface area contributed by atoms with Crippen molar-refractivity contribution in [3.8, 4) is 5.75 Å². The van der Waals surface area contributed by atoms with Crippen LogP contribution in [0.4, 0.5) is 8.78 Å². The number of nitrogens with zero attached hydrogens (tertiary/aromatic N) is 1. The van der Waals surface area contributed by atoms with Crippen molar-refractivity contribution in [2.45, 2.75) is 56.8 Å². The number of benzene rings is 1. The van der Waals surface area contributed by atoms with Crippen molar-refractivity contribution in [1.82, 2.24) is 10.2 Å². The first-order valence-corrected chi connectivity index (χ1v) is 7.67. The molecule has 0 aromatic heterocycles. The van der Waals surface area contributed by atoms with E-state index in [0.29, 0.717) is 30.2 Å². The number of piperidine rings is 2. The second-order valence-electron chi connectivity index (χ2n) is 6.36. The monoisotopic (exact) mass is 296 g/mol. The molecule has 2 atom stereocenters. The molecule has 2 unspecified atom stereocenters. The lowest BCUT2D eigenvalue weighted by Gasteiger charge is -2.47. The minimum atomic E-state index is -0.896. The average Bonchev–Trinajstić information content (AvgIpc) is 2.43. The zero-order valence-corrected chi connectivity index (χ0v) is 12.3. The first kappa shape index (κ1) is 14.7. The molecule has 2 aliphatic rings. The van der Waals surface area contributed by atoms with Crippen molar-refractivity contribution in [1.29, 1.82) is 0 Å². The Labute approximate surface area is 124 Å². The van der Waals surface area contributed by atoms with Crippen LogP contribution in [0.25, 0.3) is 0 Å². The van der Waals surface area contributed by atoms with Gasteiger partial charge in [-0.25, -0.2) is 8.78 Å². The van der Waals surface area contributed by atoms with E-state index in [1.807, 2.05) is 0 Å². The highest BCUT2D eigenvalue weighted by molar-refractivity contribution is 5.30. The van der Waals surface area contributed by atoms with Crippen molar-refractivity contribution in [3.63, 3.8) is 0 Å². The molecule has 2 bridgehead atoms. The number of phenolic OH excluding ortho intramolecular Hbond substituents is 1. The maximum Gasteiger partial charge on any atom is 0.187 e. The van der Waals surface area contributed by atoms with E-state index in [-0.39, 0.29) is 0 Å². The molecule has 2 heterocycles. The van der Waals surface area contributed by atoms with Gasteiger partial charge in [-0.2, -0.15) is 0 Å². The van der Waals surface area contributed by atoms with Gasteiger partial charge in [0.2, 0.25) is 0 Å². The summed E-state index contributed by atoms with van der Waals surface area (Å²) in [5.74, 6) is -2.69. The molecule has 2 fully saturated rings. The van der Waals surface area contributed by atoms with E-state index in [2.05, 4.69) is 17.3 Å². The molecule has 2 N–H and O–H groups in total. The molecule has 3 rings (SSSR count). The molecule has 0 spiro atoms. The van der Waals surface area contributed by atoms with Gasteiger partial charge in [-0.15, -0.1) is 0 Å². The van der Waals surface area contributed by atoms with Crippen LogP contribution in [0.3, 0.4) is 0 Å². The van der Waals surface area contributed by atoms with Crippen LogP contribution in [0.5, 0.6) is 5.75 Å². The highest BCUT2D eigenvalue weighted by Gasteiger charge is 2.35. The number of halogens is 2. The number of fused-ring (bicyclic) bond motifs is 2. The lowest BCUT2D eigenvalue weighted by Crippen LogP contribution is -2.54. The van der Waals surface area contributed by atoms with Crippen LogP contribution in [0.1, 0.15) is 37.7 Å². The number of rotatable bonds is 3. The average molecular weight is 296 g/mol. The zero-order chi connectivity index (χ0) is 15.0. The number of nitrogens with one attached hydrogen (secondary N) is 1. The molecule has 21 heavy (non-hydrogen) atoms. The first-order valence-electron chi connectivity index (χ1n) is 7.67. The van der Waals surface area contributed by atoms with E-state index in [1.54, 1.807) is 0 Å². The van der Waals surface area contributed by atoms with Gasteiger partial charge in [-0.3, -0.25) is 0 Å². The minimum Gasteiger partial charge on any atom is -0.503 e. The first-order chi connectivity index (χ1) is 10.0. The summed E-state index contributed by atoms with van der Waals surface area (Å²) in [6, 6.07) is 4.05. The van der Waals surface area contributed by atoms with E-state index in [0.717, 1.165) is 12.8 Å². The van der Waals surface area contributed by atoms with Crippen LogP contribution < -0.4 is 5.32 Å². The Kier molecular flexibility index (Phi) is 4.13. The van der Waals surface area contributed by atoms with Gasteiger partial charge in [-0.05, 0) is 50.4 Å². The number of hydrogen-bond acceptors (Lipinski definition) is 3. The Balaban J connectivity index is 1.61. The molecule has 2 aliphatic heterocycles. The number of aromatic hydroxyl groups is 1. The Morgan fingerprint density at radius 1 is 1.19 bits per heavy atom. The van der Waals surface area contributed by atoms with E-state index in [4.69, 9.17) is 5.11 Å². The standard InChI is InChI=1S/C16H22F2N2O/c1-20-12-3-2-4-13(20)8-11(7-12)19-9-10-5-14(17)16(21)15(18)6-10/h5-6,11-13,19,21H,2-4,7-9H2,1H3. The fourth-order valence-corrected chi connectivity index (χ4v) is 3.76. The van der Waals surface area contributed by atoms with Crippen LogP contribution in [0.15, 0.2) is 12.1 Å². The van der Waals surface area contributed by atoms with Gasteiger partial charge in [0.15, 0.2) is 17.4 Å². The molecule has 2 saturated heterocycles. The van der Waals surface area contributed by atoms with Gasteiger partial charge in [0.25, 0.3) is 0 Å². The highest BCUT2D eigenvalue weighted by Crippen LogP contribution is 2.32. The Bertz CT molecular complexity index is 486. The van der Waals surface area contributed by atoms with E-state index in [9.17, 15) is 8.78 Å². The lowest BCUT2D eigenvalue weighted by molar-refractivity contribution is 0.0482. The van der Waals surface area contributed by atoms with E-state index in [1.165, 1.54) is 31.4 Å². The normalized spacial score (nSPS) is 29.6. The molecule has 0 radical (unpaired) electrons. The van der Waals surface area contributed by atoms with Crippen LogP contribution in [0.2, 0.25) is 0 Å². The number of phenols is 1. The third kappa shape index (κ3) is 3.04. The third-order valence-corrected chi connectivity index (χ3v) is 5.01. The molecule has 0 aliphatic carbocycles. The molecule has 116 valence electrons. The van der Waals surface area contributed by atoms with Gasteiger partial charge in [0, 0.05) is 24.7 Å². The molecule has 5 heteroatoms. The fourth-order valence-electron chi connectivity index (χ4n) is 3.76. The molecule has 0 saturated carbocycles. The molecular weight excluding hydrogens is 274 g/mol. The minimum absolute atomic E-state index is 0.399. The predicted molar refractivity (Wildman–Crippen MR) is 77.1 cm³/mol. The van der Waals surface area contributed by atoms with Crippen molar-refractivity contribution in [2.75, 3.05) is 7.05 Å². The van der Waals surface area contributed by atoms with Crippen molar-refractivity contribution < 1.29 is 13.9 Å². The van der Waals surface area contributed by atoms with Crippen LogP contribution in [-0.2, 0) is 6.54 Å². The predicted octanol–water partition coefficient (Wildman–Crippen LogP) is 2.78. The second-order valence-corrected chi connectivity index (χ2v) is 6.36. The summed E-state index contributed by atoms with van der Waals surface area (Å²) >= 11 is 0. The van der Waals surface area contributed by atoms with Crippen LogP contribution in [-0.4, -0.2) is 35.2 Å². The van der Waals surface area contributed by atoms with Crippen molar-refractivity contribution in [2.24, 2.45) is 0 Å². The molecule has 3 nitrogen and oxygen atoms in total. The maximum atomic E-state index is 13.3. The summed E-state index contributed by atoms with van der Waals surface area (Å²) in [5.41, 5.74) is 0.534. The van der Waals surface area contributed by atoms with Gasteiger partial charge >= 0.3 is 0 Å². The summed E-state index contributed by atoms with van der Waals surface area (Å²) in [5, 5.41) is 12.5. The largest absolute Gasteiger partial charge is 0.503 e. The summed E-state index contributed by atoms with van der Waals surface area (Å²) in [6.45, 7) is 0.432. The van der Waals surface area contributed by atoms with Gasteiger partial charge < -0.3 is 15.3 Å². The molecular formula is C16H22F2N2O. The zero-order valence-electron chi connectivity index (χ0n) is 12.3.